The lowest BCUT2D eigenvalue weighted by molar-refractivity contribution is 0.210. The van der Waals surface area contributed by atoms with Crippen molar-refractivity contribution in [3.8, 4) is 5.75 Å². The van der Waals surface area contributed by atoms with E-state index >= 15 is 0 Å². The molecule has 3 aromatic rings. The van der Waals surface area contributed by atoms with Crippen LogP contribution in [0.15, 0.2) is 53.4 Å². The maximum atomic E-state index is 13.3. The molecular weight excluding hydrogens is 384 g/mol. The second-order valence-corrected chi connectivity index (χ2v) is 9.85. The van der Waals surface area contributed by atoms with E-state index in [4.69, 9.17) is 9.72 Å². The van der Waals surface area contributed by atoms with Crippen LogP contribution >= 0.6 is 0 Å². The number of rotatable bonds is 4. The van der Waals surface area contributed by atoms with Crippen LogP contribution in [0, 0.1) is 6.92 Å². The normalized spacial score (nSPS) is 17.1. The Kier molecular flexibility index (Phi) is 4.46. The smallest absolute Gasteiger partial charge is 0.265 e. The highest BCUT2D eigenvalue weighted by Crippen LogP contribution is 2.34. The molecule has 5 rings (SSSR count). The molecule has 150 valence electrons. The maximum Gasteiger partial charge on any atom is 0.265 e. The number of hydrogen-bond acceptors (Lipinski definition) is 4. The molecule has 0 radical (unpaired) electrons. The lowest BCUT2D eigenvalue weighted by atomic mass is 10.1. The van der Waals surface area contributed by atoms with Crippen molar-refractivity contribution in [3.05, 3.63) is 59.7 Å². The molecule has 0 spiro atoms. The van der Waals surface area contributed by atoms with Gasteiger partial charge < -0.3 is 4.74 Å². The van der Waals surface area contributed by atoms with E-state index in [1.165, 1.54) is 17.1 Å². The standard InChI is InChI=1S/C23H24N2O3S/c1-16-6-7-17-15-18-12-13-25(23(18)24-22(17)14-16)29(26,27)21-10-8-20(9-11-21)28-19-4-2-3-5-19/h6-11,14-15,19H,2-5,12-13H2,1H3. The van der Waals surface area contributed by atoms with Gasteiger partial charge in [0.1, 0.15) is 11.6 Å². The van der Waals surface area contributed by atoms with Crippen LogP contribution in [0.4, 0.5) is 5.82 Å². The number of ether oxygens (including phenoxy) is 1. The summed E-state index contributed by atoms with van der Waals surface area (Å²) in [4.78, 5) is 4.97. The van der Waals surface area contributed by atoms with Gasteiger partial charge >= 0.3 is 0 Å². The van der Waals surface area contributed by atoms with Gasteiger partial charge in [-0.1, -0.05) is 12.1 Å². The molecule has 0 saturated heterocycles. The van der Waals surface area contributed by atoms with Gasteiger partial charge in [0, 0.05) is 11.9 Å². The minimum absolute atomic E-state index is 0.254. The monoisotopic (exact) mass is 408 g/mol. The van der Waals surface area contributed by atoms with Gasteiger partial charge in [0.2, 0.25) is 0 Å². The highest BCUT2D eigenvalue weighted by Gasteiger charge is 2.32. The van der Waals surface area contributed by atoms with E-state index in [0.29, 0.717) is 18.8 Å². The van der Waals surface area contributed by atoms with E-state index in [1.807, 2.05) is 19.1 Å². The fourth-order valence-electron chi connectivity index (χ4n) is 4.29. The Labute approximate surface area is 171 Å². The van der Waals surface area contributed by atoms with Crippen LogP contribution in [0.1, 0.15) is 36.8 Å². The van der Waals surface area contributed by atoms with Gasteiger partial charge in [0.05, 0.1) is 16.5 Å². The largest absolute Gasteiger partial charge is 0.490 e. The molecular formula is C23H24N2O3S. The lowest BCUT2D eigenvalue weighted by Gasteiger charge is -2.19. The van der Waals surface area contributed by atoms with E-state index in [9.17, 15) is 8.42 Å². The van der Waals surface area contributed by atoms with Crippen LogP contribution in [-0.4, -0.2) is 26.1 Å². The van der Waals surface area contributed by atoms with E-state index in [0.717, 1.165) is 40.6 Å². The van der Waals surface area contributed by atoms with E-state index in [1.54, 1.807) is 24.3 Å². The molecule has 29 heavy (non-hydrogen) atoms. The molecule has 2 aromatic carbocycles. The summed E-state index contributed by atoms with van der Waals surface area (Å²) in [6.45, 7) is 2.43. The van der Waals surface area contributed by atoms with Crippen LogP contribution in [-0.2, 0) is 16.4 Å². The Morgan fingerprint density at radius 2 is 1.79 bits per heavy atom. The topological polar surface area (TPSA) is 59.5 Å². The predicted octanol–water partition coefficient (Wildman–Crippen LogP) is 4.62. The zero-order chi connectivity index (χ0) is 20.0. The van der Waals surface area contributed by atoms with Crippen molar-refractivity contribution < 1.29 is 13.2 Å². The molecule has 2 heterocycles. The van der Waals surface area contributed by atoms with Gasteiger partial charge in [-0.3, -0.25) is 0 Å². The first-order valence-electron chi connectivity index (χ1n) is 10.2. The van der Waals surface area contributed by atoms with Crippen LogP contribution in [0.2, 0.25) is 0 Å². The summed E-state index contributed by atoms with van der Waals surface area (Å²) in [7, 11) is -3.66. The quantitative estimate of drug-likeness (QED) is 0.632. The molecule has 0 unspecified atom stereocenters. The Hall–Kier alpha value is -2.60. The van der Waals surface area contributed by atoms with Gasteiger partial charge in [-0.15, -0.1) is 0 Å². The molecule has 1 fully saturated rings. The first-order chi connectivity index (χ1) is 14.0. The van der Waals surface area contributed by atoms with Crippen LogP contribution in [0.25, 0.3) is 10.9 Å². The minimum atomic E-state index is -3.66. The van der Waals surface area contributed by atoms with Crippen molar-refractivity contribution in [2.45, 2.75) is 50.0 Å². The van der Waals surface area contributed by atoms with E-state index in [-0.39, 0.29) is 11.0 Å². The van der Waals surface area contributed by atoms with Crippen molar-refractivity contribution in [1.29, 1.82) is 0 Å². The third-order valence-corrected chi connectivity index (χ3v) is 7.67. The molecule has 0 amide bonds. The minimum Gasteiger partial charge on any atom is -0.490 e. The van der Waals surface area contributed by atoms with Crippen molar-refractivity contribution in [3.63, 3.8) is 0 Å². The number of anilines is 1. The summed E-state index contributed by atoms with van der Waals surface area (Å²) in [6, 6.07) is 15.0. The van der Waals surface area contributed by atoms with Crippen molar-refractivity contribution >= 4 is 26.7 Å². The summed E-state index contributed by atoms with van der Waals surface area (Å²) in [5.74, 6) is 1.28. The number of benzene rings is 2. The fourth-order valence-corrected chi connectivity index (χ4v) is 5.74. The summed E-state index contributed by atoms with van der Waals surface area (Å²) in [5, 5.41) is 1.04. The van der Waals surface area contributed by atoms with Gasteiger partial charge in [0.15, 0.2) is 0 Å². The second kappa shape index (κ2) is 7.02. The number of pyridine rings is 1. The summed E-state index contributed by atoms with van der Waals surface area (Å²) in [6.07, 6.45) is 5.48. The first-order valence-corrected chi connectivity index (χ1v) is 11.6. The zero-order valence-corrected chi connectivity index (χ0v) is 17.3. The first kappa shape index (κ1) is 18.4. The highest BCUT2D eigenvalue weighted by molar-refractivity contribution is 7.92. The number of fused-ring (bicyclic) bond motifs is 2. The molecule has 0 bridgehead atoms. The van der Waals surface area contributed by atoms with Crippen LogP contribution < -0.4 is 9.04 Å². The molecule has 1 aliphatic heterocycles. The average Bonchev–Trinajstić information content (AvgIpc) is 3.36. The van der Waals surface area contributed by atoms with E-state index in [2.05, 4.69) is 12.1 Å². The fraction of sp³-hybridized carbons (Fsp3) is 0.348. The maximum absolute atomic E-state index is 13.3. The molecule has 1 aromatic heterocycles. The summed E-state index contributed by atoms with van der Waals surface area (Å²) >= 11 is 0. The number of hydrogen-bond donors (Lipinski definition) is 0. The lowest BCUT2D eigenvalue weighted by Crippen LogP contribution is -2.29. The summed E-state index contributed by atoms with van der Waals surface area (Å²) < 4.78 is 34.0. The van der Waals surface area contributed by atoms with Gasteiger partial charge in [-0.05, 0) is 86.6 Å². The molecule has 0 N–H and O–H groups in total. The van der Waals surface area contributed by atoms with Crippen molar-refractivity contribution in [2.24, 2.45) is 0 Å². The third-order valence-electron chi connectivity index (χ3n) is 5.87. The highest BCUT2D eigenvalue weighted by atomic mass is 32.2. The molecule has 1 aliphatic carbocycles. The van der Waals surface area contributed by atoms with Gasteiger partial charge in [-0.2, -0.15) is 0 Å². The number of nitrogens with zero attached hydrogens (tertiary/aromatic N) is 2. The Bertz CT molecular complexity index is 1170. The van der Waals surface area contributed by atoms with E-state index < -0.39 is 10.0 Å². The molecule has 6 heteroatoms. The molecule has 2 aliphatic rings. The number of sulfonamides is 1. The number of aryl methyl sites for hydroxylation is 1. The number of aromatic nitrogens is 1. The van der Waals surface area contributed by atoms with Gasteiger partial charge in [-0.25, -0.2) is 17.7 Å². The summed E-state index contributed by atoms with van der Waals surface area (Å²) in [5.41, 5.74) is 2.91. The molecule has 0 atom stereocenters. The predicted molar refractivity (Wildman–Crippen MR) is 114 cm³/mol. The molecule has 1 saturated carbocycles. The SMILES string of the molecule is Cc1ccc2cc3c(nc2c1)N(S(=O)(=O)c1ccc(OC2CCCC2)cc1)CC3. The van der Waals surface area contributed by atoms with Crippen molar-refractivity contribution in [1.82, 2.24) is 4.98 Å². The molecule has 5 nitrogen and oxygen atoms in total. The van der Waals surface area contributed by atoms with Crippen LogP contribution in [0.5, 0.6) is 5.75 Å². The Morgan fingerprint density at radius 3 is 2.55 bits per heavy atom. The Morgan fingerprint density at radius 1 is 1.03 bits per heavy atom. The zero-order valence-electron chi connectivity index (χ0n) is 16.5. The second-order valence-electron chi connectivity index (χ2n) is 7.99. The average molecular weight is 409 g/mol. The Balaban J connectivity index is 1.45. The van der Waals surface area contributed by atoms with Gasteiger partial charge in [0.25, 0.3) is 10.0 Å². The third kappa shape index (κ3) is 3.35. The van der Waals surface area contributed by atoms with Crippen molar-refractivity contribution in [2.75, 3.05) is 10.8 Å². The van der Waals surface area contributed by atoms with Crippen LogP contribution in [0.3, 0.4) is 0 Å².